The molecule has 1 aromatic heterocycles. The van der Waals surface area contributed by atoms with Crippen LogP contribution in [0, 0.1) is 5.92 Å². The molecular formula is C26H28N6O4. The Labute approximate surface area is 208 Å². The van der Waals surface area contributed by atoms with Gasteiger partial charge in [-0.05, 0) is 72.9 Å². The van der Waals surface area contributed by atoms with Gasteiger partial charge in [-0.1, -0.05) is 12.1 Å². The Morgan fingerprint density at radius 1 is 1.03 bits per heavy atom. The summed E-state index contributed by atoms with van der Waals surface area (Å²) in [6.45, 7) is 0.540. The molecule has 2 aromatic carbocycles. The second-order valence-electron chi connectivity index (χ2n) is 10.1. The number of rotatable bonds is 5. The number of imide groups is 1. The molecule has 3 aromatic rings. The van der Waals surface area contributed by atoms with E-state index < -0.39 is 11.6 Å². The fourth-order valence-electron chi connectivity index (χ4n) is 6.14. The lowest BCUT2D eigenvalue weighted by molar-refractivity contribution is -0.127. The molecule has 1 saturated carbocycles. The van der Waals surface area contributed by atoms with E-state index in [9.17, 15) is 14.4 Å². The zero-order valence-electron chi connectivity index (χ0n) is 20.3. The van der Waals surface area contributed by atoms with Crippen molar-refractivity contribution in [2.45, 2.75) is 43.7 Å². The molecule has 1 atom stereocenters. The highest BCUT2D eigenvalue weighted by atomic mass is 16.5. The Kier molecular flexibility index (Phi) is 5.20. The highest BCUT2D eigenvalue weighted by Crippen LogP contribution is 2.42. The largest absolute Gasteiger partial charge is 0.497 e. The first-order chi connectivity index (χ1) is 17.4. The molecule has 0 unspecified atom stereocenters. The number of methoxy groups -OCH3 is 1. The maximum Gasteiger partial charge on any atom is 0.322 e. The normalized spacial score (nSPS) is 25.7. The van der Waals surface area contributed by atoms with Crippen LogP contribution in [0.25, 0.3) is 11.0 Å². The zero-order valence-corrected chi connectivity index (χ0v) is 20.3. The van der Waals surface area contributed by atoms with Gasteiger partial charge in [-0.3, -0.25) is 14.9 Å². The van der Waals surface area contributed by atoms with Crippen molar-refractivity contribution in [3.8, 4) is 5.75 Å². The maximum atomic E-state index is 13.2. The van der Waals surface area contributed by atoms with Crippen LogP contribution in [0.3, 0.4) is 0 Å². The summed E-state index contributed by atoms with van der Waals surface area (Å²) in [5.41, 5.74) is 3.29. The van der Waals surface area contributed by atoms with Gasteiger partial charge >= 0.3 is 6.03 Å². The van der Waals surface area contributed by atoms with Gasteiger partial charge in [0.15, 0.2) is 0 Å². The first-order valence-corrected chi connectivity index (χ1v) is 12.3. The molecule has 0 spiro atoms. The van der Waals surface area contributed by atoms with Crippen LogP contribution in [0.5, 0.6) is 5.75 Å². The van der Waals surface area contributed by atoms with Crippen molar-refractivity contribution in [1.29, 1.82) is 0 Å². The van der Waals surface area contributed by atoms with Gasteiger partial charge in [0, 0.05) is 19.2 Å². The molecule has 36 heavy (non-hydrogen) atoms. The first kappa shape index (κ1) is 22.5. The van der Waals surface area contributed by atoms with Crippen LogP contribution < -0.4 is 15.4 Å². The molecule has 186 valence electrons. The minimum absolute atomic E-state index is 0.0773. The van der Waals surface area contributed by atoms with Gasteiger partial charge in [0.05, 0.1) is 13.7 Å². The van der Waals surface area contributed by atoms with Gasteiger partial charge in [0.1, 0.15) is 22.3 Å². The van der Waals surface area contributed by atoms with Crippen molar-refractivity contribution in [2.75, 3.05) is 13.7 Å². The van der Waals surface area contributed by atoms with E-state index in [4.69, 9.17) is 4.74 Å². The molecule has 1 aliphatic carbocycles. The molecule has 10 heteroatoms. The summed E-state index contributed by atoms with van der Waals surface area (Å²) in [4.78, 5) is 42.0. The molecule has 1 saturated heterocycles. The monoisotopic (exact) mass is 488 g/mol. The number of hydrogen-bond acceptors (Lipinski definition) is 6. The van der Waals surface area contributed by atoms with Crippen molar-refractivity contribution in [3.63, 3.8) is 0 Å². The predicted octanol–water partition coefficient (Wildman–Crippen LogP) is 2.48. The van der Waals surface area contributed by atoms with Gasteiger partial charge in [-0.25, -0.2) is 4.79 Å². The Morgan fingerprint density at radius 3 is 2.53 bits per heavy atom. The molecule has 0 bridgehead atoms. The van der Waals surface area contributed by atoms with E-state index in [2.05, 4.69) is 33.0 Å². The van der Waals surface area contributed by atoms with E-state index in [-0.39, 0.29) is 24.3 Å². The smallest absolute Gasteiger partial charge is 0.322 e. The minimum atomic E-state index is -1.14. The summed E-state index contributed by atoms with van der Waals surface area (Å²) in [5.74, 6) is 0.381. The molecule has 3 heterocycles. The van der Waals surface area contributed by atoms with Gasteiger partial charge in [-0.15, -0.1) is 0 Å². The molecule has 10 nitrogen and oxygen atoms in total. The van der Waals surface area contributed by atoms with Crippen LogP contribution in [-0.4, -0.2) is 56.9 Å². The summed E-state index contributed by atoms with van der Waals surface area (Å²) in [6.07, 6.45) is 3.29. The summed E-state index contributed by atoms with van der Waals surface area (Å²) < 4.78 is 5.27. The fraction of sp³-hybridized carbons (Fsp3) is 0.423. The third-order valence-corrected chi connectivity index (χ3v) is 8.00. The number of nitrogens with one attached hydrogen (secondary N) is 2. The van der Waals surface area contributed by atoms with Crippen LogP contribution in [-0.2, 0) is 18.4 Å². The quantitative estimate of drug-likeness (QED) is 0.533. The summed E-state index contributed by atoms with van der Waals surface area (Å²) >= 11 is 0. The molecule has 3 aliphatic rings. The highest BCUT2D eigenvalue weighted by molar-refractivity contribution is 6.08. The number of benzene rings is 2. The number of urea groups is 1. The van der Waals surface area contributed by atoms with Crippen LogP contribution >= 0.6 is 0 Å². The van der Waals surface area contributed by atoms with Crippen LogP contribution in [0.1, 0.15) is 53.1 Å². The van der Waals surface area contributed by atoms with Gasteiger partial charge in [-0.2, -0.15) is 15.0 Å². The molecule has 6 rings (SSSR count). The number of carbonyl (C=O) groups is 3. The van der Waals surface area contributed by atoms with E-state index in [1.807, 2.05) is 25.2 Å². The van der Waals surface area contributed by atoms with Gasteiger partial charge in [0.25, 0.3) is 11.8 Å². The summed E-state index contributed by atoms with van der Waals surface area (Å²) in [7, 11) is 3.37. The molecule has 4 amide bonds. The second kappa shape index (κ2) is 8.32. The number of aromatic nitrogens is 3. The van der Waals surface area contributed by atoms with Gasteiger partial charge < -0.3 is 15.0 Å². The van der Waals surface area contributed by atoms with Crippen molar-refractivity contribution >= 4 is 28.9 Å². The fourth-order valence-corrected chi connectivity index (χ4v) is 6.14. The third-order valence-electron chi connectivity index (χ3n) is 8.00. The lowest BCUT2D eigenvalue weighted by atomic mass is 9.70. The Bertz CT molecular complexity index is 1390. The Balaban J connectivity index is 1.22. The summed E-state index contributed by atoms with van der Waals surface area (Å²) in [6, 6.07) is 11.2. The Morgan fingerprint density at radius 2 is 1.81 bits per heavy atom. The van der Waals surface area contributed by atoms with Gasteiger partial charge in [0.2, 0.25) is 0 Å². The highest BCUT2D eigenvalue weighted by Gasteiger charge is 2.54. The first-order valence-electron chi connectivity index (χ1n) is 12.3. The molecule has 2 N–H and O–H groups in total. The lowest BCUT2D eigenvalue weighted by Gasteiger charge is -2.41. The predicted molar refractivity (Wildman–Crippen MR) is 130 cm³/mol. The van der Waals surface area contributed by atoms with E-state index in [1.54, 1.807) is 22.9 Å². The van der Waals surface area contributed by atoms with Crippen molar-refractivity contribution in [1.82, 2.24) is 30.5 Å². The maximum absolute atomic E-state index is 13.2. The zero-order chi connectivity index (χ0) is 25.0. The number of carbonyl (C=O) groups excluding carboxylic acids is 3. The number of hydrogen-bond donors (Lipinski definition) is 2. The van der Waals surface area contributed by atoms with E-state index in [0.717, 1.165) is 42.3 Å². The third kappa shape index (κ3) is 3.59. The van der Waals surface area contributed by atoms with Crippen LogP contribution in [0.4, 0.5) is 4.79 Å². The van der Waals surface area contributed by atoms with E-state index >= 15 is 0 Å². The number of fused-ring (bicyclic) bond motifs is 2. The number of nitrogens with zero attached hydrogens (tertiary/aromatic N) is 4. The van der Waals surface area contributed by atoms with Crippen molar-refractivity contribution < 1.29 is 19.1 Å². The average molecular weight is 489 g/mol. The topological polar surface area (TPSA) is 118 Å². The standard InChI is InChI=1S/C26H28N6O4/c1-31-29-21-10-6-16(11-22(21)30-31)15-3-7-18(8-4-15)26(24(34)27-25(35)28-26)14-32-13-17-5-9-19(36-2)12-20(17)23(32)33/h5-6,9-12,15,18H,3-4,7-8,13-14H2,1-2H3,(H2,27,28,34,35)/t15?,18?,26-/m0/s1. The minimum Gasteiger partial charge on any atom is -0.497 e. The van der Waals surface area contributed by atoms with E-state index in [0.29, 0.717) is 23.8 Å². The molecule has 2 fully saturated rings. The Hall–Kier alpha value is -3.95. The number of aryl methyl sites for hydroxylation is 1. The molecular weight excluding hydrogens is 460 g/mol. The molecule has 0 radical (unpaired) electrons. The average Bonchev–Trinajstić information content (AvgIpc) is 3.50. The van der Waals surface area contributed by atoms with Crippen LogP contribution in [0.2, 0.25) is 0 Å². The lowest BCUT2D eigenvalue weighted by Crippen LogP contribution is -2.60. The van der Waals surface area contributed by atoms with E-state index in [1.165, 1.54) is 5.56 Å². The number of amides is 4. The van der Waals surface area contributed by atoms with Crippen LogP contribution in [0.15, 0.2) is 36.4 Å². The van der Waals surface area contributed by atoms with Crippen molar-refractivity contribution in [2.24, 2.45) is 13.0 Å². The second-order valence-corrected chi connectivity index (χ2v) is 10.1. The number of ether oxygens (including phenoxy) is 1. The SMILES string of the molecule is COc1ccc2c(c1)C(=O)N(C[C@@]1(C3CCC(c4ccc5nn(C)nc5c4)CC3)NC(=O)NC1=O)C2. The summed E-state index contributed by atoms with van der Waals surface area (Å²) in [5, 5.41) is 14.1. The van der Waals surface area contributed by atoms with Crippen molar-refractivity contribution in [3.05, 3.63) is 53.1 Å². The molecule has 2 aliphatic heterocycles.